The van der Waals surface area contributed by atoms with Crippen LogP contribution in [0.3, 0.4) is 0 Å². The van der Waals surface area contributed by atoms with Crippen molar-refractivity contribution in [2.45, 2.75) is 6.18 Å². The summed E-state index contributed by atoms with van der Waals surface area (Å²) in [5.41, 5.74) is -0.857. The fourth-order valence-electron chi connectivity index (χ4n) is 0.632. The van der Waals surface area contributed by atoms with Gasteiger partial charge in [0.1, 0.15) is 6.29 Å². The van der Waals surface area contributed by atoms with Gasteiger partial charge in [-0.1, -0.05) is 0 Å². The first kappa shape index (κ1) is 11.7. The molecule has 0 spiro atoms. The SMILES string of the molecule is CN(C)C=C(/C=C\C=O)C(F)(F)F. The number of halogens is 3. The molecule has 74 valence electrons. The van der Waals surface area contributed by atoms with Crippen LogP contribution in [0.4, 0.5) is 13.2 Å². The number of hydrogen-bond donors (Lipinski definition) is 0. The molecular weight excluding hydrogens is 183 g/mol. The van der Waals surface area contributed by atoms with Crippen molar-refractivity contribution in [3.05, 3.63) is 23.9 Å². The first-order chi connectivity index (χ1) is 5.88. The van der Waals surface area contributed by atoms with Crippen LogP contribution in [0, 0.1) is 0 Å². The zero-order chi connectivity index (χ0) is 10.5. The summed E-state index contributed by atoms with van der Waals surface area (Å²) in [6.07, 6.45) is -1.69. The number of carbonyl (C=O) groups is 1. The van der Waals surface area contributed by atoms with Gasteiger partial charge in [-0.15, -0.1) is 0 Å². The first-order valence-corrected chi connectivity index (χ1v) is 3.45. The molecule has 0 bridgehead atoms. The van der Waals surface area contributed by atoms with Crippen LogP contribution in [0.5, 0.6) is 0 Å². The standard InChI is InChI=1S/C8H10F3NO/c1-12(2)6-7(4-3-5-13)8(9,10)11/h3-6H,1-2H3/b4-3-,7-6?. The molecule has 0 aromatic heterocycles. The molecule has 0 amide bonds. The van der Waals surface area contributed by atoms with Crippen molar-refractivity contribution in [3.63, 3.8) is 0 Å². The van der Waals surface area contributed by atoms with Gasteiger partial charge >= 0.3 is 6.18 Å². The Morgan fingerprint density at radius 2 is 1.85 bits per heavy atom. The molecule has 0 aliphatic rings. The van der Waals surface area contributed by atoms with E-state index in [9.17, 15) is 18.0 Å². The Morgan fingerprint density at radius 3 is 2.15 bits per heavy atom. The van der Waals surface area contributed by atoms with E-state index in [1.54, 1.807) is 0 Å². The van der Waals surface area contributed by atoms with Gasteiger partial charge in [0.2, 0.25) is 0 Å². The molecule has 0 aromatic rings. The maximum absolute atomic E-state index is 12.1. The Morgan fingerprint density at radius 1 is 1.31 bits per heavy atom. The van der Waals surface area contributed by atoms with E-state index in [-0.39, 0.29) is 0 Å². The Hall–Kier alpha value is -1.26. The zero-order valence-electron chi connectivity index (χ0n) is 7.30. The van der Waals surface area contributed by atoms with Gasteiger partial charge in [0.25, 0.3) is 0 Å². The third-order valence-electron chi connectivity index (χ3n) is 1.08. The van der Waals surface area contributed by atoms with Crippen LogP contribution in [-0.2, 0) is 4.79 Å². The smallest absolute Gasteiger partial charge is 0.383 e. The molecule has 2 nitrogen and oxygen atoms in total. The quantitative estimate of drug-likeness (QED) is 0.386. The van der Waals surface area contributed by atoms with Crippen LogP contribution in [-0.4, -0.2) is 31.5 Å². The number of carbonyl (C=O) groups excluding carboxylic acids is 1. The highest BCUT2D eigenvalue weighted by atomic mass is 19.4. The first-order valence-electron chi connectivity index (χ1n) is 3.45. The Balaban J connectivity index is 4.76. The van der Waals surface area contributed by atoms with Crippen molar-refractivity contribution in [1.29, 1.82) is 0 Å². The number of alkyl halides is 3. The van der Waals surface area contributed by atoms with E-state index in [4.69, 9.17) is 0 Å². The van der Waals surface area contributed by atoms with Crippen molar-refractivity contribution in [2.75, 3.05) is 14.1 Å². The molecule has 0 saturated heterocycles. The van der Waals surface area contributed by atoms with E-state index in [1.807, 2.05) is 0 Å². The monoisotopic (exact) mass is 193 g/mol. The normalized spacial score (nSPS) is 13.5. The average molecular weight is 193 g/mol. The molecule has 0 atom stereocenters. The number of hydrogen-bond acceptors (Lipinski definition) is 2. The minimum atomic E-state index is -4.43. The van der Waals surface area contributed by atoms with E-state index in [2.05, 4.69) is 0 Å². The lowest BCUT2D eigenvalue weighted by atomic mass is 10.2. The van der Waals surface area contributed by atoms with E-state index in [0.717, 1.165) is 18.4 Å². The number of nitrogens with zero attached hydrogens (tertiary/aromatic N) is 1. The highest BCUT2D eigenvalue weighted by Gasteiger charge is 2.31. The number of allylic oxidation sites excluding steroid dienone is 3. The Bertz CT molecular complexity index is 228. The van der Waals surface area contributed by atoms with Gasteiger partial charge in [-0.05, 0) is 12.2 Å². The van der Waals surface area contributed by atoms with Crippen LogP contribution >= 0.6 is 0 Å². The number of rotatable bonds is 3. The Kier molecular flexibility index (Phi) is 4.23. The summed E-state index contributed by atoms with van der Waals surface area (Å²) in [4.78, 5) is 11.1. The molecule has 0 heterocycles. The molecule has 13 heavy (non-hydrogen) atoms. The fourth-order valence-corrected chi connectivity index (χ4v) is 0.632. The summed E-state index contributed by atoms with van der Waals surface area (Å²) in [5.74, 6) is 0. The third kappa shape index (κ3) is 5.05. The molecule has 0 aliphatic carbocycles. The van der Waals surface area contributed by atoms with Gasteiger partial charge < -0.3 is 4.90 Å². The molecule has 0 unspecified atom stereocenters. The molecule has 0 fully saturated rings. The second-order valence-corrected chi connectivity index (χ2v) is 2.54. The van der Waals surface area contributed by atoms with Crippen LogP contribution < -0.4 is 0 Å². The predicted molar refractivity (Wildman–Crippen MR) is 43.0 cm³/mol. The molecule has 0 saturated carbocycles. The lowest BCUT2D eigenvalue weighted by Crippen LogP contribution is -2.14. The summed E-state index contributed by atoms with van der Waals surface area (Å²) in [6.45, 7) is 0. The van der Waals surface area contributed by atoms with E-state index in [0.29, 0.717) is 6.29 Å². The second kappa shape index (κ2) is 4.69. The van der Waals surface area contributed by atoms with Crippen LogP contribution in [0.2, 0.25) is 0 Å². The molecule has 5 heteroatoms. The summed E-state index contributed by atoms with van der Waals surface area (Å²) in [7, 11) is 2.95. The van der Waals surface area contributed by atoms with Gasteiger partial charge in [-0.25, -0.2) is 0 Å². The minimum absolute atomic E-state index is 0.301. The predicted octanol–water partition coefficient (Wildman–Crippen LogP) is 1.75. The van der Waals surface area contributed by atoms with Crippen molar-refractivity contribution in [3.8, 4) is 0 Å². The maximum Gasteiger partial charge on any atom is 0.417 e. The van der Waals surface area contributed by atoms with E-state index in [1.165, 1.54) is 19.0 Å². The van der Waals surface area contributed by atoms with E-state index < -0.39 is 11.7 Å². The Labute approximate surface area is 74.3 Å². The molecular formula is C8H10F3NO. The van der Waals surface area contributed by atoms with Crippen molar-refractivity contribution in [2.24, 2.45) is 0 Å². The lowest BCUT2D eigenvalue weighted by molar-refractivity contribution is -0.104. The van der Waals surface area contributed by atoms with Gasteiger partial charge in [0.15, 0.2) is 0 Å². The van der Waals surface area contributed by atoms with E-state index >= 15 is 0 Å². The van der Waals surface area contributed by atoms with Gasteiger partial charge in [-0.2, -0.15) is 13.2 Å². The van der Waals surface area contributed by atoms with Gasteiger partial charge in [-0.3, -0.25) is 4.79 Å². The number of aldehydes is 1. The molecule has 0 rings (SSSR count). The fraction of sp³-hybridized carbons (Fsp3) is 0.375. The highest BCUT2D eigenvalue weighted by molar-refractivity contribution is 5.66. The summed E-state index contributed by atoms with van der Waals surface area (Å²) in [6, 6.07) is 0. The van der Waals surface area contributed by atoms with Crippen molar-refractivity contribution >= 4 is 6.29 Å². The summed E-state index contributed by atoms with van der Waals surface area (Å²) < 4.78 is 36.4. The second-order valence-electron chi connectivity index (χ2n) is 2.54. The zero-order valence-corrected chi connectivity index (χ0v) is 7.30. The summed E-state index contributed by atoms with van der Waals surface area (Å²) in [5, 5.41) is 0. The topological polar surface area (TPSA) is 20.3 Å². The average Bonchev–Trinajstić information content (AvgIpc) is 1.95. The third-order valence-corrected chi connectivity index (χ3v) is 1.08. The largest absolute Gasteiger partial charge is 0.417 e. The molecule has 0 radical (unpaired) electrons. The molecule has 0 aliphatic heterocycles. The van der Waals surface area contributed by atoms with Crippen molar-refractivity contribution in [1.82, 2.24) is 4.90 Å². The summed E-state index contributed by atoms with van der Waals surface area (Å²) >= 11 is 0. The van der Waals surface area contributed by atoms with Gasteiger partial charge in [0.05, 0.1) is 5.57 Å². The van der Waals surface area contributed by atoms with Crippen LogP contribution in [0.25, 0.3) is 0 Å². The van der Waals surface area contributed by atoms with Crippen molar-refractivity contribution < 1.29 is 18.0 Å². The highest BCUT2D eigenvalue weighted by Crippen LogP contribution is 2.26. The molecule has 0 N–H and O–H groups in total. The minimum Gasteiger partial charge on any atom is -0.383 e. The molecule has 0 aromatic carbocycles. The van der Waals surface area contributed by atoms with Gasteiger partial charge in [0, 0.05) is 20.3 Å². The van der Waals surface area contributed by atoms with Crippen LogP contribution in [0.1, 0.15) is 0 Å². The lowest BCUT2D eigenvalue weighted by Gasteiger charge is -2.11. The van der Waals surface area contributed by atoms with Crippen LogP contribution in [0.15, 0.2) is 23.9 Å². The maximum atomic E-state index is 12.1.